The van der Waals surface area contributed by atoms with Crippen molar-refractivity contribution in [1.82, 2.24) is 4.90 Å². The standard InChI is InChI=1S/C13H17N3O3/c1-19-11-5-3-2-4-10(11)15-6-8-16(9-7-15)13(18)12(14)17/h2-5H,6-9H2,1H3,(H2,14,17). The molecule has 0 spiro atoms. The van der Waals surface area contributed by atoms with Gasteiger partial charge in [0.2, 0.25) is 0 Å². The maximum atomic E-state index is 11.5. The molecule has 0 bridgehead atoms. The second-order valence-corrected chi connectivity index (χ2v) is 4.32. The first-order chi connectivity index (χ1) is 9.13. The molecule has 1 aliphatic heterocycles. The molecule has 1 fully saturated rings. The molecule has 1 saturated heterocycles. The highest BCUT2D eigenvalue weighted by Crippen LogP contribution is 2.28. The number of ether oxygens (including phenoxy) is 1. The lowest BCUT2D eigenvalue weighted by atomic mass is 10.2. The van der Waals surface area contributed by atoms with Gasteiger partial charge >= 0.3 is 11.8 Å². The Morgan fingerprint density at radius 3 is 2.37 bits per heavy atom. The normalized spacial score (nSPS) is 15.2. The minimum absolute atomic E-state index is 0.486. The van der Waals surface area contributed by atoms with Gasteiger partial charge in [-0.05, 0) is 12.1 Å². The van der Waals surface area contributed by atoms with Crippen molar-refractivity contribution in [1.29, 1.82) is 0 Å². The second-order valence-electron chi connectivity index (χ2n) is 4.32. The number of anilines is 1. The summed E-state index contributed by atoms with van der Waals surface area (Å²) in [5.74, 6) is -0.706. The van der Waals surface area contributed by atoms with Crippen molar-refractivity contribution >= 4 is 17.5 Å². The van der Waals surface area contributed by atoms with Gasteiger partial charge in [-0.3, -0.25) is 9.59 Å². The van der Waals surface area contributed by atoms with E-state index >= 15 is 0 Å². The highest BCUT2D eigenvalue weighted by Gasteiger charge is 2.25. The molecular formula is C13H17N3O3. The average Bonchev–Trinajstić information content (AvgIpc) is 2.46. The fourth-order valence-corrected chi connectivity index (χ4v) is 2.20. The summed E-state index contributed by atoms with van der Waals surface area (Å²) in [5.41, 5.74) is 5.99. The lowest BCUT2D eigenvalue weighted by Gasteiger charge is -2.36. The fraction of sp³-hybridized carbons (Fsp3) is 0.385. The monoisotopic (exact) mass is 263 g/mol. The first kappa shape index (κ1) is 13.2. The van der Waals surface area contributed by atoms with Crippen molar-refractivity contribution in [2.45, 2.75) is 0 Å². The van der Waals surface area contributed by atoms with Crippen molar-refractivity contribution in [2.75, 3.05) is 38.2 Å². The molecule has 19 heavy (non-hydrogen) atoms. The summed E-state index contributed by atoms with van der Waals surface area (Å²) in [5, 5.41) is 0. The summed E-state index contributed by atoms with van der Waals surface area (Å²) in [4.78, 5) is 25.9. The van der Waals surface area contributed by atoms with E-state index in [9.17, 15) is 9.59 Å². The molecule has 2 rings (SSSR count). The number of piperazine rings is 1. The molecule has 1 aromatic carbocycles. The predicted octanol–water partition coefficient (Wildman–Crippen LogP) is -0.171. The number of rotatable bonds is 2. The van der Waals surface area contributed by atoms with Crippen LogP contribution in [0.25, 0.3) is 0 Å². The van der Waals surface area contributed by atoms with E-state index in [1.807, 2.05) is 24.3 Å². The van der Waals surface area contributed by atoms with Gasteiger partial charge in [0.1, 0.15) is 5.75 Å². The van der Waals surface area contributed by atoms with E-state index in [0.717, 1.165) is 11.4 Å². The quantitative estimate of drug-likeness (QED) is 0.752. The minimum Gasteiger partial charge on any atom is -0.495 e. The number of hydrogen-bond acceptors (Lipinski definition) is 4. The number of carbonyl (C=O) groups is 2. The van der Waals surface area contributed by atoms with E-state index in [1.165, 1.54) is 4.90 Å². The minimum atomic E-state index is -0.897. The van der Waals surface area contributed by atoms with Crippen molar-refractivity contribution in [2.24, 2.45) is 5.73 Å². The molecule has 0 unspecified atom stereocenters. The summed E-state index contributed by atoms with van der Waals surface area (Å²) in [6.07, 6.45) is 0. The number of nitrogens with two attached hydrogens (primary N) is 1. The van der Waals surface area contributed by atoms with E-state index in [0.29, 0.717) is 26.2 Å². The number of nitrogens with zero attached hydrogens (tertiary/aromatic N) is 2. The fourth-order valence-electron chi connectivity index (χ4n) is 2.20. The van der Waals surface area contributed by atoms with Crippen molar-refractivity contribution in [3.8, 4) is 5.75 Å². The SMILES string of the molecule is COc1ccccc1N1CCN(C(=O)C(N)=O)CC1. The van der Waals surface area contributed by atoms with Crippen LogP contribution >= 0.6 is 0 Å². The molecule has 2 amide bonds. The highest BCUT2D eigenvalue weighted by molar-refractivity contribution is 6.34. The van der Waals surface area contributed by atoms with E-state index in [4.69, 9.17) is 10.5 Å². The maximum Gasteiger partial charge on any atom is 0.311 e. The first-order valence-electron chi connectivity index (χ1n) is 6.10. The van der Waals surface area contributed by atoms with Crippen molar-refractivity contribution in [3.05, 3.63) is 24.3 Å². The number of carbonyl (C=O) groups excluding carboxylic acids is 2. The molecule has 2 N–H and O–H groups in total. The van der Waals surface area contributed by atoms with Crippen molar-refractivity contribution < 1.29 is 14.3 Å². The molecule has 102 valence electrons. The highest BCUT2D eigenvalue weighted by atomic mass is 16.5. The second kappa shape index (κ2) is 5.60. The van der Waals surface area contributed by atoms with Crippen LogP contribution in [0.5, 0.6) is 5.75 Å². The zero-order chi connectivity index (χ0) is 13.8. The van der Waals surface area contributed by atoms with Gasteiger partial charge in [0.25, 0.3) is 0 Å². The summed E-state index contributed by atoms with van der Waals surface area (Å²) < 4.78 is 5.31. The van der Waals surface area contributed by atoms with Crippen LogP contribution in [-0.2, 0) is 9.59 Å². The number of amides is 2. The van der Waals surface area contributed by atoms with E-state index in [-0.39, 0.29) is 0 Å². The number of para-hydroxylation sites is 2. The molecule has 1 aromatic rings. The van der Waals surface area contributed by atoms with Crippen LogP contribution in [0.3, 0.4) is 0 Å². The molecule has 1 heterocycles. The Hall–Kier alpha value is -2.24. The third-order valence-corrected chi connectivity index (χ3v) is 3.20. The Bertz CT molecular complexity index is 482. The Morgan fingerprint density at radius 1 is 1.16 bits per heavy atom. The molecule has 6 nitrogen and oxygen atoms in total. The van der Waals surface area contributed by atoms with E-state index < -0.39 is 11.8 Å². The maximum absolute atomic E-state index is 11.5. The summed E-state index contributed by atoms with van der Waals surface area (Å²) >= 11 is 0. The number of benzene rings is 1. The van der Waals surface area contributed by atoms with Crippen LogP contribution in [-0.4, -0.2) is 50.0 Å². The van der Waals surface area contributed by atoms with Gasteiger partial charge in [0, 0.05) is 26.2 Å². The zero-order valence-corrected chi connectivity index (χ0v) is 10.8. The topological polar surface area (TPSA) is 75.9 Å². The Kier molecular flexibility index (Phi) is 3.89. The lowest BCUT2D eigenvalue weighted by molar-refractivity contribution is -0.144. The third kappa shape index (κ3) is 2.78. The van der Waals surface area contributed by atoms with E-state index in [2.05, 4.69) is 4.90 Å². The predicted molar refractivity (Wildman–Crippen MR) is 71.0 cm³/mol. The zero-order valence-electron chi connectivity index (χ0n) is 10.8. The molecule has 6 heteroatoms. The summed E-state index contributed by atoms with van der Waals surface area (Å²) in [6, 6.07) is 7.73. The average molecular weight is 263 g/mol. The van der Waals surface area contributed by atoms with Gasteiger partial charge in [-0.2, -0.15) is 0 Å². The van der Waals surface area contributed by atoms with Crippen LogP contribution in [0.2, 0.25) is 0 Å². The molecule has 0 radical (unpaired) electrons. The summed E-state index contributed by atoms with van der Waals surface area (Å²) in [6.45, 7) is 2.28. The molecular weight excluding hydrogens is 246 g/mol. The van der Waals surface area contributed by atoms with Crippen LogP contribution in [0.15, 0.2) is 24.3 Å². The smallest absolute Gasteiger partial charge is 0.311 e. The largest absolute Gasteiger partial charge is 0.495 e. The Labute approximate surface area is 111 Å². The first-order valence-corrected chi connectivity index (χ1v) is 6.10. The number of hydrogen-bond donors (Lipinski definition) is 1. The molecule has 0 saturated carbocycles. The number of primary amides is 1. The van der Waals surface area contributed by atoms with Crippen LogP contribution < -0.4 is 15.4 Å². The number of methoxy groups -OCH3 is 1. The Balaban J connectivity index is 2.04. The van der Waals surface area contributed by atoms with Gasteiger partial charge in [-0.15, -0.1) is 0 Å². The van der Waals surface area contributed by atoms with Gasteiger partial charge in [0.15, 0.2) is 0 Å². The summed E-state index contributed by atoms with van der Waals surface area (Å²) in [7, 11) is 1.63. The van der Waals surface area contributed by atoms with Gasteiger partial charge in [-0.1, -0.05) is 12.1 Å². The van der Waals surface area contributed by atoms with Crippen LogP contribution in [0.1, 0.15) is 0 Å². The third-order valence-electron chi connectivity index (χ3n) is 3.20. The van der Waals surface area contributed by atoms with Gasteiger partial charge in [0.05, 0.1) is 12.8 Å². The van der Waals surface area contributed by atoms with Gasteiger partial charge < -0.3 is 20.3 Å². The molecule has 0 aliphatic carbocycles. The molecule has 1 aliphatic rings. The van der Waals surface area contributed by atoms with Gasteiger partial charge in [-0.25, -0.2) is 0 Å². The van der Waals surface area contributed by atoms with E-state index in [1.54, 1.807) is 7.11 Å². The Morgan fingerprint density at radius 2 is 1.79 bits per heavy atom. The molecule has 0 aromatic heterocycles. The van der Waals surface area contributed by atoms with Crippen LogP contribution in [0, 0.1) is 0 Å². The lowest BCUT2D eigenvalue weighted by Crippen LogP contribution is -2.52. The van der Waals surface area contributed by atoms with Crippen LogP contribution in [0.4, 0.5) is 5.69 Å². The van der Waals surface area contributed by atoms with Crippen molar-refractivity contribution in [3.63, 3.8) is 0 Å². The molecule has 0 atom stereocenters.